The van der Waals surface area contributed by atoms with Gasteiger partial charge in [0.05, 0.1) is 0 Å². The van der Waals surface area contributed by atoms with Gasteiger partial charge in [-0.1, -0.05) is 19.4 Å². The Kier molecular flexibility index (Phi) is 4.53. The van der Waals surface area contributed by atoms with E-state index < -0.39 is 0 Å². The number of hydrogen-bond donors (Lipinski definition) is 0. The molecule has 4 nitrogen and oxygen atoms in total. The molecular formula is C17H24N4. The van der Waals surface area contributed by atoms with Crippen LogP contribution in [0.2, 0.25) is 0 Å². The van der Waals surface area contributed by atoms with E-state index in [4.69, 9.17) is 0 Å². The molecule has 0 atom stereocenters. The number of aryl methyl sites for hydroxylation is 1. The second-order valence-corrected chi connectivity index (χ2v) is 5.78. The third-order valence-electron chi connectivity index (χ3n) is 4.33. The average Bonchev–Trinajstić information content (AvgIpc) is 3.02. The van der Waals surface area contributed by atoms with Gasteiger partial charge < -0.3 is 9.47 Å². The zero-order valence-corrected chi connectivity index (χ0v) is 12.8. The molecule has 0 aliphatic carbocycles. The van der Waals surface area contributed by atoms with Crippen molar-refractivity contribution in [3.8, 4) is 0 Å². The molecule has 3 heterocycles. The lowest BCUT2D eigenvalue weighted by Crippen LogP contribution is -2.34. The van der Waals surface area contributed by atoms with Crippen molar-refractivity contribution < 1.29 is 0 Å². The number of pyridine rings is 1. The minimum Gasteiger partial charge on any atom is -0.357 e. The Morgan fingerprint density at radius 2 is 2.00 bits per heavy atom. The summed E-state index contributed by atoms with van der Waals surface area (Å²) in [6, 6.07) is 6.13. The van der Waals surface area contributed by atoms with E-state index in [2.05, 4.69) is 44.7 Å². The highest BCUT2D eigenvalue weighted by Crippen LogP contribution is 2.28. The van der Waals surface area contributed by atoms with Crippen LogP contribution < -0.4 is 4.90 Å². The molecule has 2 aromatic heterocycles. The number of hydrogen-bond acceptors (Lipinski definition) is 3. The van der Waals surface area contributed by atoms with Crippen LogP contribution in [0.15, 0.2) is 36.8 Å². The zero-order valence-electron chi connectivity index (χ0n) is 12.8. The van der Waals surface area contributed by atoms with Crippen LogP contribution >= 0.6 is 0 Å². The fourth-order valence-electron chi connectivity index (χ4n) is 3.11. The Bertz CT molecular complexity index is 541. The summed E-state index contributed by atoms with van der Waals surface area (Å²) in [5.41, 5.74) is 0. The maximum atomic E-state index is 4.62. The quantitative estimate of drug-likeness (QED) is 0.843. The van der Waals surface area contributed by atoms with Gasteiger partial charge in [0.15, 0.2) is 0 Å². The van der Waals surface area contributed by atoms with Gasteiger partial charge in [0.2, 0.25) is 0 Å². The molecule has 2 aromatic rings. The molecule has 4 heteroatoms. The first-order valence-corrected chi connectivity index (χ1v) is 8.05. The molecule has 1 aliphatic heterocycles. The molecule has 1 fully saturated rings. The molecule has 112 valence electrons. The Balaban J connectivity index is 1.62. The minimum atomic E-state index is 0.594. The fraction of sp³-hybridized carbons (Fsp3) is 0.529. The second-order valence-electron chi connectivity index (χ2n) is 5.78. The molecule has 1 aliphatic rings. The molecule has 0 N–H and O–H groups in total. The van der Waals surface area contributed by atoms with Crippen LogP contribution in [-0.4, -0.2) is 27.6 Å². The molecular weight excluding hydrogens is 260 g/mol. The van der Waals surface area contributed by atoms with E-state index in [1.807, 2.05) is 18.5 Å². The first-order valence-electron chi connectivity index (χ1n) is 8.05. The smallest absolute Gasteiger partial charge is 0.128 e. The number of aromatic nitrogens is 3. The number of nitrogens with zero attached hydrogens (tertiary/aromatic N) is 4. The lowest BCUT2D eigenvalue weighted by molar-refractivity contribution is 0.458. The number of unbranched alkanes of at least 4 members (excludes halogenated alkanes) is 1. The second kappa shape index (κ2) is 6.74. The van der Waals surface area contributed by atoms with Crippen LogP contribution in [0, 0.1) is 0 Å². The van der Waals surface area contributed by atoms with E-state index in [0.29, 0.717) is 5.92 Å². The van der Waals surface area contributed by atoms with Crippen molar-refractivity contribution in [2.24, 2.45) is 0 Å². The van der Waals surface area contributed by atoms with E-state index in [1.165, 1.54) is 31.5 Å². The van der Waals surface area contributed by atoms with Gasteiger partial charge in [-0.15, -0.1) is 0 Å². The van der Waals surface area contributed by atoms with Gasteiger partial charge in [-0.25, -0.2) is 9.97 Å². The molecule has 0 saturated carbocycles. The summed E-state index contributed by atoms with van der Waals surface area (Å²) in [5.74, 6) is 2.98. The van der Waals surface area contributed by atoms with Crippen molar-refractivity contribution in [3.63, 3.8) is 0 Å². The maximum Gasteiger partial charge on any atom is 0.128 e. The molecule has 0 unspecified atom stereocenters. The highest BCUT2D eigenvalue weighted by atomic mass is 15.2. The van der Waals surface area contributed by atoms with E-state index in [-0.39, 0.29) is 0 Å². The number of imidazole rings is 1. The predicted molar refractivity (Wildman–Crippen MR) is 85.6 cm³/mol. The Morgan fingerprint density at radius 3 is 2.71 bits per heavy atom. The van der Waals surface area contributed by atoms with E-state index in [1.54, 1.807) is 0 Å². The lowest BCUT2D eigenvalue weighted by atomic mass is 9.96. The van der Waals surface area contributed by atoms with Crippen LogP contribution in [0.4, 0.5) is 5.82 Å². The fourth-order valence-corrected chi connectivity index (χ4v) is 3.11. The van der Waals surface area contributed by atoms with Crippen molar-refractivity contribution in [3.05, 3.63) is 42.6 Å². The summed E-state index contributed by atoms with van der Waals surface area (Å²) in [4.78, 5) is 11.5. The average molecular weight is 284 g/mol. The molecule has 0 radical (unpaired) electrons. The van der Waals surface area contributed by atoms with Crippen LogP contribution in [0.3, 0.4) is 0 Å². The predicted octanol–water partition coefficient (Wildman–Crippen LogP) is 3.46. The lowest BCUT2D eigenvalue weighted by Gasteiger charge is -2.32. The molecule has 21 heavy (non-hydrogen) atoms. The summed E-state index contributed by atoms with van der Waals surface area (Å²) in [6.45, 7) is 5.48. The van der Waals surface area contributed by atoms with Crippen molar-refractivity contribution in [1.82, 2.24) is 14.5 Å². The van der Waals surface area contributed by atoms with Gasteiger partial charge in [-0.2, -0.15) is 0 Å². The Hall–Kier alpha value is -1.84. The first-order chi connectivity index (χ1) is 10.4. The monoisotopic (exact) mass is 284 g/mol. The highest BCUT2D eigenvalue weighted by molar-refractivity contribution is 5.38. The number of rotatable bonds is 5. The largest absolute Gasteiger partial charge is 0.357 e. The van der Waals surface area contributed by atoms with Crippen LogP contribution in [0.1, 0.15) is 44.3 Å². The summed E-state index contributed by atoms with van der Waals surface area (Å²) in [6.07, 6.45) is 10.8. The standard InChI is InChI=1S/C17H24N4/c1-2-3-11-21-14-10-19-17(21)15-7-12-20(13-8-15)16-6-4-5-9-18-16/h4-6,9-10,14-15H,2-3,7-8,11-13H2,1H3. The van der Waals surface area contributed by atoms with Gasteiger partial charge in [-0.3, -0.25) is 0 Å². The van der Waals surface area contributed by atoms with E-state index in [0.717, 1.165) is 25.5 Å². The van der Waals surface area contributed by atoms with Crippen molar-refractivity contribution in [2.45, 2.75) is 45.1 Å². The summed E-state index contributed by atoms with van der Waals surface area (Å²) >= 11 is 0. The normalized spacial score (nSPS) is 16.3. The summed E-state index contributed by atoms with van der Waals surface area (Å²) in [5, 5.41) is 0. The molecule has 0 aromatic carbocycles. The van der Waals surface area contributed by atoms with Crippen molar-refractivity contribution in [1.29, 1.82) is 0 Å². The van der Waals surface area contributed by atoms with Gasteiger partial charge in [0.1, 0.15) is 11.6 Å². The summed E-state index contributed by atoms with van der Waals surface area (Å²) < 4.78 is 2.35. The zero-order chi connectivity index (χ0) is 14.5. The number of anilines is 1. The third kappa shape index (κ3) is 3.26. The van der Waals surface area contributed by atoms with E-state index >= 15 is 0 Å². The van der Waals surface area contributed by atoms with Gasteiger partial charge in [-0.05, 0) is 31.4 Å². The Labute approximate surface area is 126 Å². The van der Waals surface area contributed by atoms with Gasteiger partial charge in [0.25, 0.3) is 0 Å². The van der Waals surface area contributed by atoms with Gasteiger partial charge in [0, 0.05) is 44.1 Å². The molecule has 0 bridgehead atoms. The SMILES string of the molecule is CCCCn1ccnc1C1CCN(c2ccccn2)CC1. The van der Waals surface area contributed by atoms with Crippen molar-refractivity contribution >= 4 is 5.82 Å². The molecule has 1 saturated heterocycles. The third-order valence-corrected chi connectivity index (χ3v) is 4.33. The van der Waals surface area contributed by atoms with Crippen LogP contribution in [0.25, 0.3) is 0 Å². The minimum absolute atomic E-state index is 0.594. The molecule has 3 rings (SSSR count). The Morgan fingerprint density at radius 1 is 1.14 bits per heavy atom. The van der Waals surface area contributed by atoms with Crippen LogP contribution in [-0.2, 0) is 6.54 Å². The molecule has 0 amide bonds. The molecule has 0 spiro atoms. The van der Waals surface area contributed by atoms with E-state index in [9.17, 15) is 0 Å². The first kappa shape index (κ1) is 14.1. The maximum absolute atomic E-state index is 4.62. The topological polar surface area (TPSA) is 34.0 Å². The van der Waals surface area contributed by atoms with Crippen LogP contribution in [0.5, 0.6) is 0 Å². The number of piperidine rings is 1. The highest BCUT2D eigenvalue weighted by Gasteiger charge is 2.24. The van der Waals surface area contributed by atoms with Gasteiger partial charge >= 0.3 is 0 Å². The van der Waals surface area contributed by atoms with Crippen molar-refractivity contribution in [2.75, 3.05) is 18.0 Å². The summed E-state index contributed by atoms with van der Waals surface area (Å²) in [7, 11) is 0.